The van der Waals surface area contributed by atoms with E-state index in [1.165, 1.54) is 44.9 Å². The highest BCUT2D eigenvalue weighted by atomic mass is 19.3. The molecule has 0 unspecified atom stereocenters. The van der Waals surface area contributed by atoms with Gasteiger partial charge >= 0.3 is 0 Å². The second-order valence-corrected chi connectivity index (χ2v) is 25.5. The fourth-order valence-corrected chi connectivity index (χ4v) is 12.0. The van der Waals surface area contributed by atoms with Crippen LogP contribution in [0.5, 0.6) is 0 Å². The van der Waals surface area contributed by atoms with Crippen LogP contribution in [0.15, 0.2) is 0 Å². The summed E-state index contributed by atoms with van der Waals surface area (Å²) >= 11 is 0. The number of halogens is 4. The summed E-state index contributed by atoms with van der Waals surface area (Å²) in [6.45, 7) is 34.9. The lowest BCUT2D eigenvalue weighted by molar-refractivity contribution is -0.105. The van der Waals surface area contributed by atoms with E-state index >= 15 is 0 Å². The van der Waals surface area contributed by atoms with E-state index in [2.05, 4.69) is 76.2 Å². The van der Waals surface area contributed by atoms with Crippen LogP contribution in [0.25, 0.3) is 0 Å². The Hall–Kier alpha value is -0.600. The normalized spacial score (nSPS) is 35.5. The zero-order valence-corrected chi connectivity index (χ0v) is 48.0. The minimum Gasteiger partial charge on any atom is -0.393 e. The molecule has 0 bridgehead atoms. The molecule has 0 radical (unpaired) electrons. The maximum atomic E-state index is 12.9. The van der Waals surface area contributed by atoms with Crippen molar-refractivity contribution in [1.29, 1.82) is 0 Å². The van der Waals surface area contributed by atoms with E-state index < -0.39 is 24.1 Å². The van der Waals surface area contributed by atoms with E-state index in [4.69, 9.17) is 9.47 Å². The van der Waals surface area contributed by atoms with Gasteiger partial charge in [0.25, 0.3) is 5.92 Å². The van der Waals surface area contributed by atoms with Gasteiger partial charge in [0.2, 0.25) is 5.92 Å². The number of aliphatic hydroxyl groups is 6. The molecule has 7 fully saturated rings. The van der Waals surface area contributed by atoms with Crippen LogP contribution in [0.3, 0.4) is 0 Å². The van der Waals surface area contributed by atoms with Gasteiger partial charge in [-0.25, -0.2) is 17.6 Å². The fraction of sp³-hybridized carbons (Fsp3) is 1.00. The number of rotatable bonds is 7. The molecule has 0 spiro atoms. The van der Waals surface area contributed by atoms with E-state index in [-0.39, 0.29) is 74.3 Å². The standard InChI is InChI=1S/2C9H16F2O.C9H18O.2C8H16O2.C8H16O.C8H16/c1-6(2)7-5-9(10,11)4-3-8(7)12;1-6(2)7-3-4-9(10,11)5-8(7)12;1-7(2)8-5-3-4-6-9(8)10;1-6(2)7-5-10-4-3-8(7)9;1-6(2)7-3-4-10-5-8(7)9;1-6(2)7-4-3-5-8(7)9;1-6(2)8-5-4-7(8)3/h2*6-8,12H,3-5H2,1-2H3;7-10H,3-6H2,1-2H3;2*6-9H,3-5H2,1-2H3;6-9H,3-5H2,1-2H3;6-8H,4-5H2,1-3H3/t2*7-,8+;8-,9+;4*7-,8+/m1111110/s1. The maximum Gasteiger partial charge on any atom is 0.250 e. The van der Waals surface area contributed by atoms with Gasteiger partial charge in [0.15, 0.2) is 0 Å². The van der Waals surface area contributed by atoms with Gasteiger partial charge in [0, 0.05) is 44.8 Å². The highest BCUT2D eigenvalue weighted by molar-refractivity contribution is 4.87. The van der Waals surface area contributed by atoms with Crippen molar-refractivity contribution in [2.24, 2.45) is 88.8 Å². The predicted octanol–water partition coefficient (Wildman–Crippen LogP) is 13.6. The minimum atomic E-state index is -2.63. The number of alkyl halides is 4. The molecule has 14 atom stereocenters. The average Bonchev–Trinajstić information content (AvgIpc) is 3.71. The lowest BCUT2D eigenvalue weighted by Crippen LogP contribution is -2.38. The van der Waals surface area contributed by atoms with Crippen molar-refractivity contribution in [2.45, 2.75) is 261 Å². The topological polar surface area (TPSA) is 140 Å². The molecule has 6 N–H and O–H groups in total. The Kier molecular flexibility index (Phi) is 33.0. The first-order valence-electron chi connectivity index (χ1n) is 28.9. The molecule has 7 aliphatic rings. The molecule has 8 nitrogen and oxygen atoms in total. The number of hydrogen-bond donors (Lipinski definition) is 6. The van der Waals surface area contributed by atoms with Crippen molar-refractivity contribution in [3.8, 4) is 0 Å². The fourth-order valence-electron chi connectivity index (χ4n) is 12.0. The van der Waals surface area contributed by atoms with Crippen molar-refractivity contribution in [3.05, 3.63) is 0 Å². The second kappa shape index (κ2) is 34.2. The molecule has 2 saturated heterocycles. The minimum absolute atomic E-state index is 0.00463. The molecular formula is C59H114F4O8. The van der Waals surface area contributed by atoms with Gasteiger partial charge in [0.1, 0.15) is 0 Å². The monoisotopic (exact) mass is 1030 g/mol. The van der Waals surface area contributed by atoms with Crippen LogP contribution in [0.2, 0.25) is 0 Å². The Balaban J connectivity index is 0.000000416. The summed E-state index contributed by atoms with van der Waals surface area (Å²) < 4.78 is 61.6. The molecule has 5 aliphatic carbocycles. The third-order valence-corrected chi connectivity index (χ3v) is 17.4. The Morgan fingerprint density at radius 1 is 0.338 bits per heavy atom. The summed E-state index contributed by atoms with van der Waals surface area (Å²) in [7, 11) is 0. The van der Waals surface area contributed by atoms with Crippen molar-refractivity contribution in [1.82, 2.24) is 0 Å². The summed E-state index contributed by atoms with van der Waals surface area (Å²) in [5, 5.41) is 56.6. The maximum absolute atomic E-state index is 12.9. The van der Waals surface area contributed by atoms with Crippen molar-refractivity contribution in [2.75, 3.05) is 26.4 Å². The number of ether oxygens (including phenoxy) is 2. The van der Waals surface area contributed by atoms with Gasteiger partial charge in [-0.05, 0) is 141 Å². The quantitative estimate of drug-likeness (QED) is 0.139. The molecule has 0 aromatic heterocycles. The van der Waals surface area contributed by atoms with E-state index in [0.717, 1.165) is 63.3 Å². The molecule has 71 heavy (non-hydrogen) atoms. The lowest BCUT2D eigenvalue weighted by atomic mass is 9.69. The van der Waals surface area contributed by atoms with Crippen LogP contribution in [0.1, 0.15) is 213 Å². The molecule has 2 aliphatic heterocycles. The highest BCUT2D eigenvalue weighted by Crippen LogP contribution is 2.41. The van der Waals surface area contributed by atoms with Gasteiger partial charge in [-0.2, -0.15) is 0 Å². The number of aliphatic hydroxyl groups excluding tert-OH is 6. The zero-order valence-electron chi connectivity index (χ0n) is 48.0. The molecule has 7 rings (SSSR count). The van der Waals surface area contributed by atoms with Crippen molar-refractivity contribution < 1.29 is 57.7 Å². The van der Waals surface area contributed by atoms with Gasteiger partial charge in [0.05, 0.1) is 49.8 Å². The highest BCUT2D eigenvalue weighted by Gasteiger charge is 2.43. The van der Waals surface area contributed by atoms with E-state index in [1.807, 2.05) is 27.7 Å². The van der Waals surface area contributed by atoms with Crippen LogP contribution in [-0.4, -0.2) is 106 Å². The molecule has 0 amide bonds. The summed E-state index contributed by atoms with van der Waals surface area (Å²) in [5.74, 6) is 2.52. The molecular weight excluding hydrogens is 913 g/mol. The summed E-state index contributed by atoms with van der Waals surface area (Å²) in [4.78, 5) is 0. The third kappa shape index (κ3) is 26.3. The summed E-state index contributed by atoms with van der Waals surface area (Å²) in [6, 6.07) is 0. The lowest BCUT2D eigenvalue weighted by Gasteiger charge is -2.36. The zero-order chi connectivity index (χ0) is 54.4. The summed E-state index contributed by atoms with van der Waals surface area (Å²) in [6.07, 6.45) is 11.4. The third-order valence-electron chi connectivity index (χ3n) is 17.4. The van der Waals surface area contributed by atoms with Crippen molar-refractivity contribution >= 4 is 0 Å². The van der Waals surface area contributed by atoms with E-state index in [9.17, 15) is 48.2 Å². The number of hydrogen-bond acceptors (Lipinski definition) is 8. The largest absolute Gasteiger partial charge is 0.393 e. The molecule has 426 valence electrons. The SMILES string of the molecule is CC(C)[C@H]1CC(F)(F)CC[C@@H]1O.CC(C)[C@H]1CCC(F)(F)C[C@@H]1O.CC(C)[C@H]1CCCC[C@@H]1O.CC(C)[C@H]1CCC[C@@H]1O.CC(C)[C@H]1CCOC[C@@H]1O.CC(C)[C@H]1CC[C@@H]1C.CC(C)[C@H]1COCC[C@@H]1O. The van der Waals surface area contributed by atoms with Crippen LogP contribution in [0.4, 0.5) is 17.6 Å². The predicted molar refractivity (Wildman–Crippen MR) is 284 cm³/mol. The molecule has 2 heterocycles. The van der Waals surface area contributed by atoms with Crippen LogP contribution >= 0.6 is 0 Å². The average molecular weight is 1030 g/mol. The molecule has 0 aromatic carbocycles. The van der Waals surface area contributed by atoms with E-state index in [0.29, 0.717) is 66.3 Å². The van der Waals surface area contributed by atoms with Crippen molar-refractivity contribution in [3.63, 3.8) is 0 Å². The summed E-state index contributed by atoms with van der Waals surface area (Å²) in [5.41, 5.74) is 0. The first-order chi connectivity index (χ1) is 32.9. The molecule has 12 heteroatoms. The van der Waals surface area contributed by atoms with Crippen LogP contribution < -0.4 is 0 Å². The van der Waals surface area contributed by atoms with Crippen LogP contribution in [0, 0.1) is 88.8 Å². The second-order valence-electron chi connectivity index (χ2n) is 25.5. The Morgan fingerprint density at radius 3 is 1.06 bits per heavy atom. The van der Waals surface area contributed by atoms with Gasteiger partial charge in [-0.15, -0.1) is 0 Å². The Labute approximate surface area is 433 Å². The van der Waals surface area contributed by atoms with E-state index in [1.54, 1.807) is 0 Å². The first kappa shape index (κ1) is 68.4. The Bertz CT molecular complexity index is 1270. The molecule has 5 saturated carbocycles. The molecule has 0 aromatic rings. The first-order valence-corrected chi connectivity index (χ1v) is 28.9. The Morgan fingerprint density at radius 2 is 0.718 bits per heavy atom. The van der Waals surface area contributed by atoms with Crippen LogP contribution in [-0.2, 0) is 9.47 Å². The van der Waals surface area contributed by atoms with Gasteiger partial charge < -0.3 is 40.1 Å². The van der Waals surface area contributed by atoms with Gasteiger partial charge in [-0.3, -0.25) is 0 Å². The van der Waals surface area contributed by atoms with Gasteiger partial charge in [-0.1, -0.05) is 130 Å². The smallest absolute Gasteiger partial charge is 0.250 e.